The number of ether oxygens (including phenoxy) is 2. The molecule has 3 aromatic rings. The predicted octanol–water partition coefficient (Wildman–Crippen LogP) is 3.93. The first-order valence-electron chi connectivity index (χ1n) is 8.18. The Labute approximate surface area is 164 Å². The van der Waals surface area contributed by atoms with Crippen LogP contribution in [0.2, 0.25) is 5.15 Å². The van der Waals surface area contributed by atoms with Crippen molar-refractivity contribution in [1.29, 1.82) is 0 Å². The largest absolute Gasteiger partial charge is 0.493 e. The van der Waals surface area contributed by atoms with Gasteiger partial charge in [-0.15, -0.1) is 0 Å². The van der Waals surface area contributed by atoms with Gasteiger partial charge in [0.05, 0.1) is 12.8 Å². The number of halogens is 3. The summed E-state index contributed by atoms with van der Waals surface area (Å²) in [6.07, 6.45) is 4.70. The molecular formula is C19H16ClF2N3O3. The normalized spacial score (nSPS) is 11.3. The first-order chi connectivity index (χ1) is 13.5. The van der Waals surface area contributed by atoms with Crippen molar-refractivity contribution in [2.24, 2.45) is 0 Å². The van der Waals surface area contributed by atoms with Crippen molar-refractivity contribution in [3.05, 3.63) is 65.1 Å². The molecule has 0 unspecified atom stereocenters. The van der Waals surface area contributed by atoms with Gasteiger partial charge < -0.3 is 14.8 Å². The van der Waals surface area contributed by atoms with Gasteiger partial charge in [0.1, 0.15) is 5.65 Å². The second kappa shape index (κ2) is 8.71. The number of benzene rings is 1. The molecule has 0 radical (unpaired) electrons. The molecule has 0 bridgehead atoms. The van der Waals surface area contributed by atoms with E-state index in [1.54, 1.807) is 28.8 Å². The van der Waals surface area contributed by atoms with Gasteiger partial charge in [0.2, 0.25) is 5.91 Å². The molecule has 0 spiro atoms. The van der Waals surface area contributed by atoms with Gasteiger partial charge in [-0.1, -0.05) is 23.7 Å². The van der Waals surface area contributed by atoms with Crippen LogP contribution >= 0.6 is 11.6 Å². The highest BCUT2D eigenvalue weighted by Gasteiger charge is 2.11. The molecular weight excluding hydrogens is 392 g/mol. The predicted molar refractivity (Wildman–Crippen MR) is 101 cm³/mol. The summed E-state index contributed by atoms with van der Waals surface area (Å²) in [7, 11) is 1.35. The summed E-state index contributed by atoms with van der Waals surface area (Å²) in [4.78, 5) is 16.3. The second-order valence-electron chi connectivity index (χ2n) is 5.63. The molecule has 0 atom stereocenters. The Kier molecular flexibility index (Phi) is 6.10. The lowest BCUT2D eigenvalue weighted by Crippen LogP contribution is -2.20. The first kappa shape index (κ1) is 19.6. The Hall–Kier alpha value is -3.13. The minimum atomic E-state index is -2.95. The number of methoxy groups -OCH3 is 1. The summed E-state index contributed by atoms with van der Waals surface area (Å²) >= 11 is 6.11. The number of carbonyl (C=O) groups excluding carboxylic acids is 1. The topological polar surface area (TPSA) is 64.9 Å². The summed E-state index contributed by atoms with van der Waals surface area (Å²) in [6.45, 7) is -2.77. The number of imidazole rings is 1. The van der Waals surface area contributed by atoms with Crippen molar-refractivity contribution in [2.45, 2.75) is 13.2 Å². The zero-order valence-corrected chi connectivity index (χ0v) is 15.5. The molecule has 0 fully saturated rings. The quantitative estimate of drug-likeness (QED) is 0.603. The van der Waals surface area contributed by atoms with Crippen LogP contribution in [0.1, 0.15) is 11.3 Å². The number of nitrogens with one attached hydrogen (secondary N) is 1. The maximum Gasteiger partial charge on any atom is 0.387 e. The fourth-order valence-electron chi connectivity index (χ4n) is 2.55. The van der Waals surface area contributed by atoms with Crippen LogP contribution in [0.15, 0.2) is 48.7 Å². The molecule has 2 heterocycles. The van der Waals surface area contributed by atoms with Gasteiger partial charge >= 0.3 is 6.61 Å². The highest BCUT2D eigenvalue weighted by atomic mass is 35.5. The molecule has 3 rings (SSSR count). The van der Waals surface area contributed by atoms with E-state index in [4.69, 9.17) is 16.3 Å². The van der Waals surface area contributed by atoms with Crippen molar-refractivity contribution in [3.8, 4) is 11.5 Å². The number of fused-ring (bicyclic) bond motifs is 1. The molecule has 0 aliphatic heterocycles. The summed E-state index contributed by atoms with van der Waals surface area (Å²) in [5, 5.41) is 2.98. The SMILES string of the molecule is COc1cc(CNC(=O)/C=C/c2c(Cl)nc3ccccn23)ccc1OC(F)F. The molecule has 0 saturated carbocycles. The van der Waals surface area contributed by atoms with Gasteiger partial charge in [-0.2, -0.15) is 8.78 Å². The molecule has 0 aliphatic rings. The molecule has 1 amide bonds. The van der Waals surface area contributed by atoms with E-state index in [2.05, 4.69) is 15.0 Å². The zero-order chi connectivity index (χ0) is 20.1. The van der Waals surface area contributed by atoms with Crippen LogP contribution in [0.3, 0.4) is 0 Å². The van der Waals surface area contributed by atoms with E-state index in [1.807, 2.05) is 12.1 Å². The summed E-state index contributed by atoms with van der Waals surface area (Å²) in [5.41, 5.74) is 1.92. The minimum absolute atomic E-state index is 0.0743. The third-order valence-electron chi connectivity index (χ3n) is 3.83. The van der Waals surface area contributed by atoms with Crippen LogP contribution in [0.5, 0.6) is 11.5 Å². The van der Waals surface area contributed by atoms with Crippen LogP contribution in [-0.4, -0.2) is 29.0 Å². The van der Waals surface area contributed by atoms with Gasteiger partial charge in [0.25, 0.3) is 0 Å². The minimum Gasteiger partial charge on any atom is -0.493 e. The van der Waals surface area contributed by atoms with Crippen molar-refractivity contribution in [3.63, 3.8) is 0 Å². The average Bonchev–Trinajstić information content (AvgIpc) is 3.00. The number of hydrogen-bond donors (Lipinski definition) is 1. The highest BCUT2D eigenvalue weighted by molar-refractivity contribution is 6.31. The Morgan fingerprint density at radius 3 is 2.89 bits per heavy atom. The lowest BCUT2D eigenvalue weighted by atomic mass is 10.2. The number of rotatable bonds is 7. The third-order valence-corrected chi connectivity index (χ3v) is 4.10. The molecule has 28 heavy (non-hydrogen) atoms. The number of nitrogens with zero attached hydrogens (tertiary/aromatic N) is 2. The molecule has 1 aromatic carbocycles. The number of amides is 1. The van der Waals surface area contributed by atoms with Gasteiger partial charge in [-0.3, -0.25) is 9.20 Å². The van der Waals surface area contributed by atoms with E-state index in [0.717, 1.165) is 0 Å². The van der Waals surface area contributed by atoms with E-state index < -0.39 is 6.61 Å². The van der Waals surface area contributed by atoms with Crippen LogP contribution in [0.4, 0.5) is 8.78 Å². The Bertz CT molecular complexity index is 1020. The number of alkyl halides is 2. The number of aromatic nitrogens is 2. The molecule has 146 valence electrons. The van der Waals surface area contributed by atoms with Crippen molar-refractivity contribution < 1.29 is 23.0 Å². The van der Waals surface area contributed by atoms with E-state index in [0.29, 0.717) is 16.9 Å². The molecule has 2 aromatic heterocycles. The third kappa shape index (κ3) is 4.58. The second-order valence-corrected chi connectivity index (χ2v) is 5.99. The molecule has 0 saturated heterocycles. The fourth-order valence-corrected chi connectivity index (χ4v) is 2.79. The van der Waals surface area contributed by atoms with Gasteiger partial charge in [0, 0.05) is 18.8 Å². The molecule has 6 nitrogen and oxygen atoms in total. The van der Waals surface area contributed by atoms with Crippen molar-refractivity contribution in [2.75, 3.05) is 7.11 Å². The lowest BCUT2D eigenvalue weighted by Gasteiger charge is -2.11. The van der Waals surface area contributed by atoms with Gasteiger partial charge in [-0.25, -0.2) is 4.98 Å². The molecule has 0 aliphatic carbocycles. The van der Waals surface area contributed by atoms with Crippen LogP contribution in [0.25, 0.3) is 11.7 Å². The lowest BCUT2D eigenvalue weighted by molar-refractivity contribution is -0.116. The summed E-state index contributed by atoms with van der Waals surface area (Å²) in [6, 6.07) is 9.91. The maximum atomic E-state index is 12.4. The van der Waals surface area contributed by atoms with Crippen LogP contribution < -0.4 is 14.8 Å². The van der Waals surface area contributed by atoms with E-state index in [9.17, 15) is 13.6 Å². The smallest absolute Gasteiger partial charge is 0.387 e. The maximum absolute atomic E-state index is 12.4. The highest BCUT2D eigenvalue weighted by Crippen LogP contribution is 2.29. The number of hydrogen-bond acceptors (Lipinski definition) is 4. The number of pyridine rings is 1. The average molecular weight is 408 g/mol. The fraction of sp³-hybridized carbons (Fsp3) is 0.158. The van der Waals surface area contributed by atoms with Crippen molar-refractivity contribution >= 4 is 29.2 Å². The molecule has 1 N–H and O–H groups in total. The summed E-state index contributed by atoms with van der Waals surface area (Å²) in [5.74, 6) is -0.274. The van der Waals surface area contributed by atoms with Crippen molar-refractivity contribution in [1.82, 2.24) is 14.7 Å². The van der Waals surface area contributed by atoms with Gasteiger partial charge in [-0.05, 0) is 35.9 Å². The van der Waals surface area contributed by atoms with Gasteiger partial charge in [0.15, 0.2) is 16.7 Å². The van der Waals surface area contributed by atoms with Crippen LogP contribution in [-0.2, 0) is 11.3 Å². The van der Waals surface area contributed by atoms with Crippen LogP contribution in [0, 0.1) is 0 Å². The summed E-state index contributed by atoms with van der Waals surface area (Å²) < 4.78 is 35.9. The number of carbonyl (C=O) groups is 1. The Morgan fingerprint density at radius 1 is 1.32 bits per heavy atom. The van der Waals surface area contributed by atoms with E-state index in [1.165, 1.54) is 25.3 Å². The van der Waals surface area contributed by atoms with E-state index in [-0.39, 0.29) is 29.1 Å². The van der Waals surface area contributed by atoms with E-state index >= 15 is 0 Å². The Morgan fingerprint density at radius 2 is 2.14 bits per heavy atom. The zero-order valence-electron chi connectivity index (χ0n) is 14.7. The Balaban J connectivity index is 1.65. The first-order valence-corrected chi connectivity index (χ1v) is 8.56. The standard InChI is InChI=1S/C19H16ClF2N3O3/c1-27-15-10-12(5-7-14(15)28-19(21)22)11-23-17(26)8-6-13-18(20)24-16-4-2-3-9-25(13)16/h2-10,19H,11H2,1H3,(H,23,26)/b8-6+. The monoisotopic (exact) mass is 407 g/mol. The molecule has 9 heteroatoms.